The number of allylic oxidation sites excluding steroid dienone is 2. The fourth-order valence-electron chi connectivity index (χ4n) is 2.42. The maximum absolute atomic E-state index is 14.1. The van der Waals surface area contributed by atoms with Gasteiger partial charge in [0.15, 0.2) is 5.82 Å². The number of hydrogen-bond donors (Lipinski definition) is 2. The highest BCUT2D eigenvalue weighted by Crippen LogP contribution is 2.35. The number of fused-ring (bicyclic) bond motifs is 1. The van der Waals surface area contributed by atoms with Crippen LogP contribution >= 0.6 is 24.2 Å². The molecule has 0 fully saturated rings. The number of nitrogens with one attached hydrogen (secondary N) is 1. The largest absolute Gasteiger partial charge is 0.349 e. The van der Waals surface area contributed by atoms with Crippen molar-refractivity contribution in [1.82, 2.24) is 20.1 Å². The molecule has 0 unspecified atom stereocenters. The van der Waals surface area contributed by atoms with Gasteiger partial charge in [0, 0.05) is 34.3 Å². The Morgan fingerprint density at radius 1 is 1.52 bits per heavy atom. The van der Waals surface area contributed by atoms with E-state index in [1.165, 1.54) is 17.8 Å². The van der Waals surface area contributed by atoms with Gasteiger partial charge in [0.05, 0.1) is 12.7 Å². The van der Waals surface area contributed by atoms with Gasteiger partial charge in [-0.15, -0.1) is 12.6 Å². The normalized spacial score (nSPS) is 14.9. The van der Waals surface area contributed by atoms with Gasteiger partial charge in [0.2, 0.25) is 0 Å². The van der Waals surface area contributed by atoms with Crippen molar-refractivity contribution in [2.75, 3.05) is 6.54 Å². The first-order valence-electron chi connectivity index (χ1n) is 6.78. The number of nitrogens with zero attached hydrogens (tertiary/aromatic N) is 3. The van der Waals surface area contributed by atoms with Crippen LogP contribution in [0.1, 0.15) is 16.1 Å². The van der Waals surface area contributed by atoms with Gasteiger partial charge in [-0.3, -0.25) is 14.5 Å². The molecule has 2 aromatic heterocycles. The Bertz CT molecular complexity index is 831. The smallest absolute Gasteiger partial charge is 0.270 e. The summed E-state index contributed by atoms with van der Waals surface area (Å²) in [5.41, 5.74) is 2.75. The second-order valence-corrected chi connectivity index (χ2v) is 5.51. The lowest BCUT2D eigenvalue weighted by molar-refractivity contribution is 0.0924. The van der Waals surface area contributed by atoms with E-state index in [2.05, 4.69) is 28.0 Å². The third kappa shape index (κ3) is 2.89. The quantitative estimate of drug-likeness (QED) is 0.661. The van der Waals surface area contributed by atoms with Gasteiger partial charge in [-0.2, -0.15) is 5.10 Å². The highest BCUT2D eigenvalue weighted by molar-refractivity contribution is 7.90. The zero-order valence-electron chi connectivity index (χ0n) is 11.8. The van der Waals surface area contributed by atoms with Crippen LogP contribution in [-0.2, 0) is 6.54 Å². The molecule has 3 rings (SSSR count). The SMILES string of the molecule is O=C1NCCn2nc(-c3ccncc3F)c(/C(S)=C/C=C/Cl)c21. The zero-order chi connectivity index (χ0) is 16.4. The summed E-state index contributed by atoms with van der Waals surface area (Å²) in [5, 5.41) is 7.16. The summed E-state index contributed by atoms with van der Waals surface area (Å²) >= 11 is 9.96. The Hall–Kier alpha value is -2.12. The highest BCUT2D eigenvalue weighted by Gasteiger charge is 2.28. The molecule has 0 spiro atoms. The number of carbonyl (C=O) groups is 1. The third-order valence-corrected chi connectivity index (χ3v) is 3.91. The molecule has 8 heteroatoms. The summed E-state index contributed by atoms with van der Waals surface area (Å²) < 4.78 is 15.7. The molecule has 3 heterocycles. The molecular weight excluding hydrogens is 339 g/mol. The van der Waals surface area contributed by atoms with E-state index in [0.29, 0.717) is 34.9 Å². The second kappa shape index (κ2) is 6.55. The molecule has 1 N–H and O–H groups in total. The van der Waals surface area contributed by atoms with E-state index >= 15 is 0 Å². The molecule has 1 aliphatic heterocycles. The molecule has 0 bridgehead atoms. The van der Waals surface area contributed by atoms with Gasteiger partial charge < -0.3 is 5.32 Å². The first-order valence-corrected chi connectivity index (χ1v) is 7.67. The summed E-state index contributed by atoms with van der Waals surface area (Å²) in [6.45, 7) is 0.978. The van der Waals surface area contributed by atoms with E-state index < -0.39 is 5.82 Å². The van der Waals surface area contributed by atoms with Crippen LogP contribution < -0.4 is 5.32 Å². The number of hydrogen-bond acceptors (Lipinski definition) is 4. The molecule has 1 amide bonds. The summed E-state index contributed by atoms with van der Waals surface area (Å²) in [5.74, 6) is -0.784. The van der Waals surface area contributed by atoms with E-state index in [1.54, 1.807) is 16.8 Å². The maximum Gasteiger partial charge on any atom is 0.270 e. The summed E-state index contributed by atoms with van der Waals surface area (Å²) in [6.07, 6.45) is 5.78. The number of rotatable bonds is 3. The molecule has 0 saturated heterocycles. The van der Waals surface area contributed by atoms with E-state index in [1.807, 2.05) is 0 Å². The van der Waals surface area contributed by atoms with Crippen molar-refractivity contribution in [3.05, 3.63) is 53.2 Å². The number of amides is 1. The Labute approximate surface area is 142 Å². The van der Waals surface area contributed by atoms with Gasteiger partial charge in [0.25, 0.3) is 5.91 Å². The number of pyridine rings is 1. The lowest BCUT2D eigenvalue weighted by Crippen LogP contribution is -2.36. The van der Waals surface area contributed by atoms with E-state index in [-0.39, 0.29) is 11.5 Å². The first kappa shape index (κ1) is 15.8. The lowest BCUT2D eigenvalue weighted by atomic mass is 10.0. The standard InChI is InChI=1S/C15H12ClFN4OS/c16-4-1-2-11(23)12-13(9-3-5-18-8-10(9)17)20-21-7-6-19-15(22)14(12)21/h1-5,8,23H,6-7H2,(H,19,22)/b4-1+,11-2-. The topological polar surface area (TPSA) is 59.8 Å². The number of halogens is 2. The monoisotopic (exact) mass is 350 g/mol. The van der Waals surface area contributed by atoms with Crippen LogP contribution in [0.3, 0.4) is 0 Å². The first-order chi connectivity index (χ1) is 11.1. The molecule has 0 aliphatic carbocycles. The minimum Gasteiger partial charge on any atom is -0.349 e. The van der Waals surface area contributed by atoms with Gasteiger partial charge in [-0.05, 0) is 18.2 Å². The van der Waals surface area contributed by atoms with Gasteiger partial charge >= 0.3 is 0 Å². The van der Waals surface area contributed by atoms with Crippen molar-refractivity contribution in [3.63, 3.8) is 0 Å². The Balaban J connectivity index is 2.28. The van der Waals surface area contributed by atoms with Crippen molar-refractivity contribution < 1.29 is 9.18 Å². The van der Waals surface area contributed by atoms with Gasteiger partial charge in [-0.1, -0.05) is 11.6 Å². The van der Waals surface area contributed by atoms with Crippen LogP contribution in [-0.4, -0.2) is 27.2 Å². The molecule has 2 aromatic rings. The number of aromatic nitrogens is 3. The van der Waals surface area contributed by atoms with Crippen molar-refractivity contribution in [3.8, 4) is 11.3 Å². The van der Waals surface area contributed by atoms with E-state index in [9.17, 15) is 9.18 Å². The fraction of sp³-hybridized carbons (Fsp3) is 0.133. The number of carbonyl (C=O) groups excluding carboxylic acids is 1. The summed E-state index contributed by atoms with van der Waals surface area (Å²) in [7, 11) is 0. The van der Waals surface area contributed by atoms with Crippen LogP contribution in [0.4, 0.5) is 4.39 Å². The molecule has 0 saturated carbocycles. The van der Waals surface area contributed by atoms with E-state index in [0.717, 1.165) is 6.20 Å². The average molecular weight is 351 g/mol. The highest BCUT2D eigenvalue weighted by atomic mass is 35.5. The molecule has 118 valence electrons. The predicted molar refractivity (Wildman–Crippen MR) is 89.7 cm³/mol. The van der Waals surface area contributed by atoms with Gasteiger partial charge in [0.1, 0.15) is 11.4 Å². The van der Waals surface area contributed by atoms with Crippen LogP contribution in [0.15, 0.2) is 36.1 Å². The fourth-order valence-corrected chi connectivity index (χ4v) is 2.79. The van der Waals surface area contributed by atoms with Crippen LogP contribution in [0.2, 0.25) is 0 Å². The lowest BCUT2D eigenvalue weighted by Gasteiger charge is -2.15. The Morgan fingerprint density at radius 3 is 3.09 bits per heavy atom. The second-order valence-electron chi connectivity index (χ2n) is 4.78. The molecular formula is C15H12ClFN4OS. The third-order valence-electron chi connectivity index (χ3n) is 3.39. The minimum atomic E-state index is -0.515. The van der Waals surface area contributed by atoms with Crippen LogP contribution in [0.25, 0.3) is 16.2 Å². The predicted octanol–water partition coefficient (Wildman–Crippen LogP) is 2.85. The van der Waals surface area contributed by atoms with Crippen molar-refractivity contribution >= 4 is 35.0 Å². The summed E-state index contributed by atoms with van der Waals surface area (Å²) in [4.78, 5) is 16.4. The molecule has 1 aliphatic rings. The molecule has 23 heavy (non-hydrogen) atoms. The zero-order valence-corrected chi connectivity index (χ0v) is 13.5. The van der Waals surface area contributed by atoms with E-state index in [4.69, 9.17) is 11.6 Å². The minimum absolute atomic E-state index is 0.263. The Kier molecular flexibility index (Phi) is 4.49. The molecule has 5 nitrogen and oxygen atoms in total. The Morgan fingerprint density at radius 2 is 2.35 bits per heavy atom. The average Bonchev–Trinajstić information content (AvgIpc) is 2.93. The maximum atomic E-state index is 14.1. The molecule has 0 atom stereocenters. The van der Waals surface area contributed by atoms with Crippen molar-refractivity contribution in [2.24, 2.45) is 0 Å². The van der Waals surface area contributed by atoms with Crippen molar-refractivity contribution in [1.29, 1.82) is 0 Å². The van der Waals surface area contributed by atoms with Crippen molar-refractivity contribution in [2.45, 2.75) is 6.54 Å². The van der Waals surface area contributed by atoms with Gasteiger partial charge in [-0.25, -0.2) is 4.39 Å². The molecule has 0 aromatic carbocycles. The number of thiol groups is 1. The summed E-state index contributed by atoms with van der Waals surface area (Å²) in [6, 6.07) is 1.52. The molecule has 0 radical (unpaired) electrons. The van der Waals surface area contributed by atoms with Crippen LogP contribution in [0, 0.1) is 5.82 Å². The van der Waals surface area contributed by atoms with Crippen LogP contribution in [0.5, 0.6) is 0 Å².